The van der Waals surface area contributed by atoms with Gasteiger partial charge in [-0.05, 0) is 40.0 Å². The Balaban J connectivity index is 2.24. The van der Waals surface area contributed by atoms with Crippen molar-refractivity contribution in [2.45, 2.75) is 58.7 Å². The van der Waals surface area contributed by atoms with E-state index in [1.807, 2.05) is 6.92 Å². The maximum atomic E-state index is 11.9. The molecule has 20 heavy (non-hydrogen) atoms. The normalized spacial score (nSPS) is 23.0. The Kier molecular flexibility index (Phi) is 6.26. The van der Waals surface area contributed by atoms with Crippen molar-refractivity contribution in [3.8, 4) is 0 Å². The fraction of sp³-hybridized carbons (Fsp3) is 0.857. The van der Waals surface area contributed by atoms with E-state index in [4.69, 9.17) is 14.2 Å². The Hall–Kier alpha value is -1.30. The lowest BCUT2D eigenvalue weighted by atomic mass is 9.94. The molecule has 6 heteroatoms. The molecule has 6 nitrogen and oxygen atoms in total. The third kappa shape index (κ3) is 6.23. The highest BCUT2D eigenvalue weighted by atomic mass is 16.6. The molecular formula is C14H25NO5. The molecule has 1 N–H and O–H groups in total. The molecule has 1 saturated heterocycles. The van der Waals surface area contributed by atoms with E-state index in [1.54, 1.807) is 20.8 Å². The first-order chi connectivity index (χ1) is 9.31. The zero-order valence-electron chi connectivity index (χ0n) is 12.7. The van der Waals surface area contributed by atoms with Crippen molar-refractivity contribution in [3.63, 3.8) is 0 Å². The summed E-state index contributed by atoms with van der Waals surface area (Å²) < 4.78 is 15.6. The maximum Gasteiger partial charge on any atom is 0.410 e. The van der Waals surface area contributed by atoms with Crippen molar-refractivity contribution >= 4 is 12.1 Å². The first-order valence-electron chi connectivity index (χ1n) is 7.07. The number of hydrogen-bond donors (Lipinski definition) is 1. The average molecular weight is 287 g/mol. The quantitative estimate of drug-likeness (QED) is 0.634. The van der Waals surface area contributed by atoms with Crippen LogP contribution in [0.3, 0.4) is 0 Å². The van der Waals surface area contributed by atoms with Crippen LogP contribution in [-0.2, 0) is 19.0 Å². The number of nitrogens with one attached hydrogen (secondary N) is 1. The second-order valence-corrected chi connectivity index (χ2v) is 5.91. The minimum atomic E-state index is -0.594. The molecule has 0 aromatic heterocycles. The second-order valence-electron chi connectivity index (χ2n) is 5.91. The molecule has 1 aliphatic rings. The summed E-state index contributed by atoms with van der Waals surface area (Å²) in [5, 5.41) is 2.40. The summed E-state index contributed by atoms with van der Waals surface area (Å²) in [5.41, 5.74) is -0.566. The summed E-state index contributed by atoms with van der Waals surface area (Å²) in [5.74, 6) is -0.433. The predicted octanol–water partition coefficient (Wildman–Crippen LogP) is 2.22. The number of carbonyl (C=O) groups excluding carboxylic acids is 2. The first kappa shape index (κ1) is 16.8. The average Bonchev–Trinajstić information content (AvgIpc) is 2.36. The Morgan fingerprint density at radius 2 is 2.05 bits per heavy atom. The lowest BCUT2D eigenvalue weighted by Gasteiger charge is -2.27. The van der Waals surface area contributed by atoms with E-state index in [-0.39, 0.29) is 24.7 Å². The highest BCUT2D eigenvalue weighted by Gasteiger charge is 2.28. The number of rotatable bonds is 4. The van der Waals surface area contributed by atoms with E-state index in [2.05, 4.69) is 5.32 Å². The van der Waals surface area contributed by atoms with Crippen LogP contribution >= 0.6 is 0 Å². The Morgan fingerprint density at radius 1 is 1.35 bits per heavy atom. The molecular weight excluding hydrogens is 262 g/mol. The molecule has 0 saturated carbocycles. The van der Waals surface area contributed by atoms with E-state index in [0.29, 0.717) is 19.4 Å². The molecule has 2 unspecified atom stereocenters. The van der Waals surface area contributed by atoms with Gasteiger partial charge in [0.05, 0.1) is 12.0 Å². The Labute approximate surface area is 120 Å². The van der Waals surface area contributed by atoms with Gasteiger partial charge in [0.25, 0.3) is 0 Å². The minimum Gasteiger partial charge on any atom is -0.444 e. The third-order valence-corrected chi connectivity index (χ3v) is 2.99. The maximum absolute atomic E-state index is 11.9. The van der Waals surface area contributed by atoms with Crippen molar-refractivity contribution in [1.82, 2.24) is 5.32 Å². The van der Waals surface area contributed by atoms with Crippen LogP contribution in [0.2, 0.25) is 0 Å². The minimum absolute atomic E-state index is 0.125. The number of carbonyl (C=O) groups is 2. The van der Waals surface area contributed by atoms with Crippen LogP contribution < -0.4 is 5.32 Å². The fourth-order valence-corrected chi connectivity index (χ4v) is 1.98. The van der Waals surface area contributed by atoms with E-state index >= 15 is 0 Å². The number of hydrogen-bond acceptors (Lipinski definition) is 5. The Morgan fingerprint density at radius 3 is 2.65 bits per heavy atom. The lowest BCUT2D eigenvalue weighted by Crippen LogP contribution is -2.36. The van der Waals surface area contributed by atoms with Crippen LogP contribution in [-0.4, -0.2) is 37.1 Å². The first-order valence-corrected chi connectivity index (χ1v) is 7.07. The number of ether oxygens (including phenoxy) is 3. The van der Waals surface area contributed by atoms with Crippen LogP contribution in [0.4, 0.5) is 4.79 Å². The van der Waals surface area contributed by atoms with Crippen molar-refractivity contribution in [3.05, 3.63) is 0 Å². The van der Waals surface area contributed by atoms with Gasteiger partial charge in [-0.3, -0.25) is 10.1 Å². The van der Waals surface area contributed by atoms with Gasteiger partial charge in [-0.25, -0.2) is 4.79 Å². The smallest absolute Gasteiger partial charge is 0.410 e. The molecule has 0 aromatic rings. The van der Waals surface area contributed by atoms with Gasteiger partial charge < -0.3 is 14.2 Å². The number of esters is 1. The van der Waals surface area contributed by atoms with Crippen molar-refractivity contribution in [2.75, 3.05) is 13.3 Å². The van der Waals surface area contributed by atoms with Crippen LogP contribution in [0.25, 0.3) is 0 Å². The lowest BCUT2D eigenvalue weighted by molar-refractivity contribution is -0.154. The van der Waals surface area contributed by atoms with Gasteiger partial charge in [-0.15, -0.1) is 0 Å². The highest BCUT2D eigenvalue weighted by molar-refractivity contribution is 5.73. The van der Waals surface area contributed by atoms with Gasteiger partial charge in [0.15, 0.2) is 6.73 Å². The van der Waals surface area contributed by atoms with Crippen LogP contribution in [0.5, 0.6) is 0 Å². The van der Waals surface area contributed by atoms with Gasteiger partial charge in [-0.2, -0.15) is 0 Å². The van der Waals surface area contributed by atoms with Gasteiger partial charge in [0, 0.05) is 6.61 Å². The molecule has 2 atom stereocenters. The Bertz CT molecular complexity index is 337. The topological polar surface area (TPSA) is 73.9 Å². The molecule has 1 fully saturated rings. The molecule has 1 rings (SSSR count). The number of amides is 1. The SMILES string of the molecule is CCC1CC(C(=O)OCNC(=O)OC(C)(C)C)CCO1. The largest absolute Gasteiger partial charge is 0.444 e. The molecule has 0 spiro atoms. The zero-order valence-corrected chi connectivity index (χ0v) is 12.7. The van der Waals surface area contributed by atoms with Gasteiger partial charge in [0.1, 0.15) is 5.60 Å². The van der Waals surface area contributed by atoms with Crippen LogP contribution in [0, 0.1) is 5.92 Å². The number of alkyl carbamates (subject to hydrolysis) is 1. The van der Waals surface area contributed by atoms with Gasteiger partial charge >= 0.3 is 12.1 Å². The van der Waals surface area contributed by atoms with E-state index in [1.165, 1.54) is 0 Å². The van der Waals surface area contributed by atoms with E-state index in [0.717, 1.165) is 6.42 Å². The third-order valence-electron chi connectivity index (χ3n) is 2.99. The van der Waals surface area contributed by atoms with Crippen molar-refractivity contribution in [1.29, 1.82) is 0 Å². The summed E-state index contributed by atoms with van der Waals surface area (Å²) in [4.78, 5) is 23.2. The molecule has 0 radical (unpaired) electrons. The molecule has 116 valence electrons. The summed E-state index contributed by atoms with van der Waals surface area (Å²) in [6.07, 6.45) is 1.77. The van der Waals surface area contributed by atoms with Crippen molar-refractivity contribution in [2.24, 2.45) is 5.92 Å². The summed E-state index contributed by atoms with van der Waals surface area (Å²) in [6.45, 7) is 7.75. The standard InChI is InChI=1S/C14H25NO5/c1-5-11-8-10(6-7-18-11)12(16)19-9-15-13(17)20-14(2,3)4/h10-11H,5-9H2,1-4H3,(H,15,17). The monoisotopic (exact) mass is 287 g/mol. The van der Waals surface area contributed by atoms with E-state index < -0.39 is 11.7 Å². The molecule has 0 aliphatic carbocycles. The molecule has 1 amide bonds. The molecule has 1 heterocycles. The van der Waals surface area contributed by atoms with Crippen LogP contribution in [0.15, 0.2) is 0 Å². The summed E-state index contributed by atoms with van der Waals surface area (Å²) in [7, 11) is 0. The second kappa shape index (κ2) is 7.47. The summed E-state index contributed by atoms with van der Waals surface area (Å²) >= 11 is 0. The zero-order chi connectivity index (χ0) is 15.2. The molecule has 0 bridgehead atoms. The van der Waals surface area contributed by atoms with E-state index in [9.17, 15) is 9.59 Å². The molecule has 0 aromatic carbocycles. The predicted molar refractivity (Wildman–Crippen MR) is 73.1 cm³/mol. The highest BCUT2D eigenvalue weighted by Crippen LogP contribution is 2.23. The fourth-order valence-electron chi connectivity index (χ4n) is 1.98. The van der Waals surface area contributed by atoms with Crippen LogP contribution in [0.1, 0.15) is 47.0 Å². The van der Waals surface area contributed by atoms with Crippen molar-refractivity contribution < 1.29 is 23.8 Å². The van der Waals surface area contributed by atoms with Gasteiger partial charge in [0.2, 0.25) is 0 Å². The molecule has 1 aliphatic heterocycles. The summed E-state index contributed by atoms with van der Waals surface area (Å²) in [6, 6.07) is 0. The van der Waals surface area contributed by atoms with Gasteiger partial charge in [-0.1, -0.05) is 6.92 Å².